The van der Waals surface area contributed by atoms with E-state index in [2.05, 4.69) is 5.32 Å². The van der Waals surface area contributed by atoms with Crippen molar-refractivity contribution in [3.8, 4) is 0 Å². The van der Waals surface area contributed by atoms with Gasteiger partial charge in [0.2, 0.25) is 5.78 Å². The van der Waals surface area contributed by atoms with Gasteiger partial charge in [-0.3, -0.25) is 9.59 Å². The van der Waals surface area contributed by atoms with Gasteiger partial charge in [-0.2, -0.15) is 0 Å². The predicted octanol–water partition coefficient (Wildman–Crippen LogP) is 2.92. The van der Waals surface area contributed by atoms with Crippen LogP contribution in [0.25, 0.3) is 0 Å². The van der Waals surface area contributed by atoms with Crippen molar-refractivity contribution in [2.45, 2.75) is 23.0 Å². The van der Waals surface area contributed by atoms with Crippen LogP contribution in [0, 0.1) is 0 Å². The van der Waals surface area contributed by atoms with E-state index in [0.29, 0.717) is 5.69 Å². The number of allylic oxidation sites excluding steroid dienone is 3. The minimum Gasteiger partial charge on any atom is -0.501 e. The number of fused-ring (bicyclic) bond motifs is 1. The lowest BCUT2D eigenvalue weighted by Crippen LogP contribution is -2.31. The number of ketones is 1. The van der Waals surface area contributed by atoms with E-state index in [1.807, 2.05) is 36.4 Å². The molecule has 0 saturated heterocycles. The molecule has 21 heavy (non-hydrogen) atoms. The van der Waals surface area contributed by atoms with Crippen LogP contribution < -0.4 is 5.32 Å². The average Bonchev–Trinajstić information content (AvgIpc) is 2.65. The molecule has 1 heterocycles. The summed E-state index contributed by atoms with van der Waals surface area (Å²) in [6, 6.07) is 7.49. The zero-order valence-electron chi connectivity index (χ0n) is 11.6. The molecule has 1 N–H and O–H groups in total. The van der Waals surface area contributed by atoms with Crippen LogP contribution in [0.4, 0.5) is 5.69 Å². The average molecular weight is 301 g/mol. The van der Waals surface area contributed by atoms with E-state index in [-0.39, 0.29) is 0 Å². The molecule has 1 unspecified atom stereocenters. The van der Waals surface area contributed by atoms with E-state index in [4.69, 9.17) is 4.74 Å². The molecule has 2 aliphatic rings. The molecule has 1 aromatic carbocycles. The molecule has 1 amide bonds. The van der Waals surface area contributed by atoms with Crippen LogP contribution in [0.5, 0.6) is 0 Å². The van der Waals surface area contributed by atoms with E-state index in [1.165, 1.54) is 11.8 Å². The summed E-state index contributed by atoms with van der Waals surface area (Å²) in [6.07, 6.45) is 5.27. The Hall–Kier alpha value is -2.01. The quantitative estimate of drug-likeness (QED) is 0.853. The van der Waals surface area contributed by atoms with Gasteiger partial charge in [-0.25, -0.2) is 0 Å². The van der Waals surface area contributed by atoms with Crippen molar-refractivity contribution in [1.82, 2.24) is 0 Å². The molecule has 1 atom stereocenters. The van der Waals surface area contributed by atoms with Gasteiger partial charge in [0.1, 0.15) is 0 Å². The van der Waals surface area contributed by atoms with Gasteiger partial charge in [0, 0.05) is 11.3 Å². The van der Waals surface area contributed by atoms with Gasteiger partial charge in [-0.05, 0) is 30.2 Å². The van der Waals surface area contributed by atoms with Gasteiger partial charge in [0.25, 0.3) is 5.91 Å². The zero-order chi connectivity index (χ0) is 14.8. The van der Waals surface area contributed by atoms with Crippen LogP contribution in [-0.2, 0) is 14.3 Å². The predicted molar refractivity (Wildman–Crippen MR) is 82.1 cm³/mol. The molecule has 1 aromatic rings. The second-order valence-corrected chi connectivity index (χ2v) is 6.04. The zero-order valence-corrected chi connectivity index (χ0v) is 12.4. The fourth-order valence-electron chi connectivity index (χ4n) is 2.42. The van der Waals surface area contributed by atoms with Gasteiger partial charge in [-0.15, -0.1) is 11.8 Å². The lowest BCUT2D eigenvalue weighted by atomic mass is 9.98. The number of methoxy groups -OCH3 is 1. The third kappa shape index (κ3) is 2.74. The van der Waals surface area contributed by atoms with Gasteiger partial charge in [0.15, 0.2) is 0 Å². The molecule has 0 fully saturated rings. The first kappa shape index (κ1) is 13.9. The largest absolute Gasteiger partial charge is 0.501 e. The number of hydrogen-bond acceptors (Lipinski definition) is 4. The van der Waals surface area contributed by atoms with Crippen molar-refractivity contribution in [3.05, 3.63) is 47.7 Å². The van der Waals surface area contributed by atoms with Crippen LogP contribution in [-0.4, -0.2) is 24.1 Å². The Morgan fingerprint density at radius 3 is 2.71 bits per heavy atom. The maximum absolute atomic E-state index is 12.3. The van der Waals surface area contributed by atoms with E-state index in [9.17, 15) is 9.59 Å². The summed E-state index contributed by atoms with van der Waals surface area (Å²) in [7, 11) is 1.64. The van der Waals surface area contributed by atoms with Crippen LogP contribution in [0.3, 0.4) is 0 Å². The van der Waals surface area contributed by atoms with E-state index >= 15 is 0 Å². The molecular weight excluding hydrogens is 286 g/mol. The molecule has 3 rings (SSSR count). The smallest absolute Gasteiger partial charge is 0.293 e. The highest BCUT2D eigenvalue weighted by Gasteiger charge is 2.33. The Morgan fingerprint density at radius 2 is 2.00 bits per heavy atom. The maximum Gasteiger partial charge on any atom is 0.293 e. The Labute approximate surface area is 127 Å². The molecule has 4 nitrogen and oxygen atoms in total. The number of ether oxygens (including phenoxy) is 1. The van der Waals surface area contributed by atoms with Gasteiger partial charge in [-0.1, -0.05) is 18.2 Å². The number of nitrogens with one attached hydrogen (secondary N) is 1. The monoisotopic (exact) mass is 301 g/mol. The summed E-state index contributed by atoms with van der Waals surface area (Å²) in [5, 5.41) is 2.23. The van der Waals surface area contributed by atoms with Crippen molar-refractivity contribution in [2.24, 2.45) is 0 Å². The van der Waals surface area contributed by atoms with Gasteiger partial charge >= 0.3 is 0 Å². The summed E-state index contributed by atoms with van der Waals surface area (Å²) in [5.41, 5.74) is 1.67. The minimum atomic E-state index is -0.542. The molecule has 1 aliphatic heterocycles. The van der Waals surface area contributed by atoms with Crippen molar-refractivity contribution in [2.75, 3.05) is 12.4 Å². The van der Waals surface area contributed by atoms with Crippen LogP contribution in [0.15, 0.2) is 52.6 Å². The molecular formula is C16H15NO3S. The lowest BCUT2D eigenvalue weighted by molar-refractivity contribution is -0.134. The van der Waals surface area contributed by atoms with Crippen molar-refractivity contribution in [1.29, 1.82) is 0 Å². The maximum atomic E-state index is 12.3. The molecule has 108 valence electrons. The SMILES string of the molecule is COC1=CC=C(C2Sc3ccccc3NC(=O)C2=O)CC1. The number of amides is 1. The van der Waals surface area contributed by atoms with Crippen molar-refractivity contribution in [3.63, 3.8) is 0 Å². The number of rotatable bonds is 2. The first-order chi connectivity index (χ1) is 10.2. The normalized spacial score (nSPS) is 21.7. The molecule has 0 bridgehead atoms. The fourth-order valence-corrected chi connectivity index (χ4v) is 3.64. The van der Waals surface area contributed by atoms with E-state index in [0.717, 1.165) is 29.1 Å². The highest BCUT2D eigenvalue weighted by Crippen LogP contribution is 2.38. The first-order valence-electron chi connectivity index (χ1n) is 6.73. The second kappa shape index (κ2) is 5.77. The van der Waals surface area contributed by atoms with Crippen molar-refractivity contribution < 1.29 is 14.3 Å². The number of thioether (sulfide) groups is 1. The third-order valence-corrected chi connectivity index (χ3v) is 4.95. The summed E-state index contributed by atoms with van der Waals surface area (Å²) in [4.78, 5) is 25.3. The topological polar surface area (TPSA) is 55.4 Å². The number of Topliss-reactive ketones (excluding diaryl/α,β-unsaturated/α-hetero) is 1. The summed E-state index contributed by atoms with van der Waals surface area (Å²) < 4.78 is 5.20. The Morgan fingerprint density at radius 1 is 1.19 bits per heavy atom. The van der Waals surface area contributed by atoms with Crippen LogP contribution >= 0.6 is 11.8 Å². The van der Waals surface area contributed by atoms with Crippen LogP contribution in [0.2, 0.25) is 0 Å². The van der Waals surface area contributed by atoms with Gasteiger partial charge in [0.05, 0.1) is 23.8 Å². The van der Waals surface area contributed by atoms with E-state index in [1.54, 1.807) is 7.11 Å². The summed E-state index contributed by atoms with van der Waals surface area (Å²) in [5.74, 6) is -0.0359. The second-order valence-electron chi connectivity index (χ2n) is 4.89. The van der Waals surface area contributed by atoms with Gasteiger partial charge < -0.3 is 10.1 Å². The summed E-state index contributed by atoms with van der Waals surface area (Å²) in [6.45, 7) is 0. The third-order valence-electron chi connectivity index (χ3n) is 3.58. The Bertz CT molecular complexity index is 663. The molecule has 0 spiro atoms. The fraction of sp³-hybridized carbons (Fsp3) is 0.250. The number of anilines is 1. The first-order valence-corrected chi connectivity index (χ1v) is 7.61. The number of carbonyl (C=O) groups excluding carboxylic acids is 2. The standard InChI is InChI=1S/C16H15NO3S/c1-20-11-8-6-10(7-9-11)15-14(18)16(19)17-12-4-2-3-5-13(12)21-15/h2-6,8,15H,7,9H2,1H3,(H,17,19). The summed E-state index contributed by atoms with van der Waals surface area (Å²) >= 11 is 1.43. The van der Waals surface area contributed by atoms with Crippen molar-refractivity contribution >= 4 is 29.1 Å². The lowest BCUT2D eigenvalue weighted by Gasteiger charge is -2.19. The molecule has 0 aromatic heterocycles. The Kier molecular flexibility index (Phi) is 3.84. The Balaban J connectivity index is 1.95. The highest BCUT2D eigenvalue weighted by atomic mass is 32.2. The molecule has 0 radical (unpaired) electrons. The molecule has 1 aliphatic carbocycles. The molecule has 0 saturated carbocycles. The number of carbonyl (C=O) groups is 2. The number of benzene rings is 1. The number of hydrogen-bond donors (Lipinski definition) is 1. The van der Waals surface area contributed by atoms with E-state index < -0.39 is 16.9 Å². The molecule has 5 heteroatoms. The van der Waals surface area contributed by atoms with Crippen LogP contribution in [0.1, 0.15) is 12.8 Å². The highest BCUT2D eigenvalue weighted by molar-refractivity contribution is 8.01. The number of para-hydroxylation sites is 1. The minimum absolute atomic E-state index is 0.392.